The summed E-state index contributed by atoms with van der Waals surface area (Å²) in [5.74, 6) is -2.29. The Balaban J connectivity index is 1.87. The van der Waals surface area contributed by atoms with Crippen LogP contribution in [-0.4, -0.2) is 10.9 Å². The third kappa shape index (κ3) is 2.19. The molecule has 0 bridgehead atoms. The standard InChI is InChI=1S/C13H14F2N2S/c14-13(15)5-3-8(4-6-13)12-17-10-2-1-9(16)7-11(10)18-12/h1-2,7-8H,3-6,16H2. The fourth-order valence-electron chi connectivity index (χ4n) is 2.42. The Morgan fingerprint density at radius 1 is 1.28 bits per heavy atom. The molecule has 1 heterocycles. The molecule has 1 saturated carbocycles. The number of nitrogens with zero attached hydrogens (tertiary/aromatic N) is 1. The predicted octanol–water partition coefficient (Wildman–Crippen LogP) is 4.17. The zero-order valence-corrected chi connectivity index (χ0v) is 10.6. The van der Waals surface area contributed by atoms with Crippen molar-refractivity contribution in [2.75, 3.05) is 5.73 Å². The molecule has 0 amide bonds. The van der Waals surface area contributed by atoms with Crippen LogP contribution < -0.4 is 5.73 Å². The highest BCUT2D eigenvalue weighted by Gasteiger charge is 2.36. The Kier molecular flexibility index (Phi) is 2.73. The highest BCUT2D eigenvalue weighted by Crippen LogP contribution is 2.42. The van der Waals surface area contributed by atoms with Gasteiger partial charge in [-0.05, 0) is 31.0 Å². The normalized spacial score (nSPS) is 20.3. The van der Waals surface area contributed by atoms with Gasteiger partial charge in [0, 0.05) is 24.4 Å². The molecule has 1 aliphatic rings. The van der Waals surface area contributed by atoms with Gasteiger partial charge >= 0.3 is 0 Å². The molecule has 1 aromatic heterocycles. The second-order valence-electron chi connectivity index (χ2n) is 4.91. The van der Waals surface area contributed by atoms with Gasteiger partial charge < -0.3 is 5.73 Å². The second-order valence-corrected chi connectivity index (χ2v) is 5.97. The van der Waals surface area contributed by atoms with Crippen molar-refractivity contribution < 1.29 is 8.78 Å². The summed E-state index contributed by atoms with van der Waals surface area (Å²) in [5, 5.41) is 0.978. The van der Waals surface area contributed by atoms with E-state index in [0.717, 1.165) is 15.2 Å². The molecule has 2 aromatic rings. The van der Waals surface area contributed by atoms with E-state index in [1.807, 2.05) is 18.2 Å². The van der Waals surface area contributed by atoms with Gasteiger partial charge in [-0.25, -0.2) is 13.8 Å². The molecule has 96 valence electrons. The molecule has 2 nitrogen and oxygen atoms in total. The van der Waals surface area contributed by atoms with E-state index in [2.05, 4.69) is 4.98 Å². The molecule has 0 unspecified atom stereocenters. The maximum absolute atomic E-state index is 13.1. The number of halogens is 2. The Morgan fingerprint density at radius 3 is 2.72 bits per heavy atom. The van der Waals surface area contributed by atoms with Crippen LogP contribution in [0.3, 0.4) is 0 Å². The first-order chi connectivity index (χ1) is 8.53. The van der Waals surface area contributed by atoms with E-state index in [4.69, 9.17) is 5.73 Å². The van der Waals surface area contributed by atoms with Crippen LogP contribution in [0.25, 0.3) is 10.2 Å². The highest BCUT2D eigenvalue weighted by atomic mass is 32.1. The maximum atomic E-state index is 13.1. The smallest absolute Gasteiger partial charge is 0.248 e. The fraction of sp³-hybridized carbons (Fsp3) is 0.462. The van der Waals surface area contributed by atoms with E-state index in [1.165, 1.54) is 0 Å². The van der Waals surface area contributed by atoms with Gasteiger partial charge in [0.1, 0.15) is 0 Å². The van der Waals surface area contributed by atoms with Gasteiger partial charge in [-0.2, -0.15) is 0 Å². The van der Waals surface area contributed by atoms with Crippen molar-refractivity contribution >= 4 is 27.2 Å². The summed E-state index contributed by atoms with van der Waals surface area (Å²) in [6.07, 6.45) is 1.02. The lowest BCUT2D eigenvalue weighted by atomic mass is 9.87. The van der Waals surface area contributed by atoms with Crippen molar-refractivity contribution in [3.63, 3.8) is 0 Å². The molecule has 18 heavy (non-hydrogen) atoms. The van der Waals surface area contributed by atoms with Crippen molar-refractivity contribution in [2.45, 2.75) is 37.5 Å². The van der Waals surface area contributed by atoms with Gasteiger partial charge in [-0.3, -0.25) is 0 Å². The molecule has 1 aromatic carbocycles. The Hall–Kier alpha value is -1.23. The van der Waals surface area contributed by atoms with Crippen LogP contribution in [0.15, 0.2) is 18.2 Å². The summed E-state index contributed by atoms with van der Waals surface area (Å²) in [5.41, 5.74) is 7.36. The number of benzene rings is 1. The number of rotatable bonds is 1. The third-order valence-corrected chi connectivity index (χ3v) is 4.68. The number of anilines is 1. The lowest BCUT2D eigenvalue weighted by Gasteiger charge is -2.26. The summed E-state index contributed by atoms with van der Waals surface area (Å²) in [6.45, 7) is 0. The number of thiazole rings is 1. The van der Waals surface area contributed by atoms with Crippen LogP contribution in [0.4, 0.5) is 14.5 Å². The molecule has 2 N–H and O–H groups in total. The van der Waals surface area contributed by atoms with Gasteiger partial charge in [0.15, 0.2) is 0 Å². The molecular formula is C13H14F2N2S. The Labute approximate surface area is 108 Å². The highest BCUT2D eigenvalue weighted by molar-refractivity contribution is 7.18. The minimum Gasteiger partial charge on any atom is -0.399 e. The van der Waals surface area contributed by atoms with Crippen LogP contribution >= 0.6 is 11.3 Å². The molecule has 1 fully saturated rings. The molecule has 0 aliphatic heterocycles. The molecule has 0 saturated heterocycles. The molecule has 0 atom stereocenters. The van der Waals surface area contributed by atoms with Crippen LogP contribution in [0, 0.1) is 0 Å². The number of hydrogen-bond acceptors (Lipinski definition) is 3. The molecule has 0 radical (unpaired) electrons. The average Bonchev–Trinajstić information content (AvgIpc) is 2.71. The van der Waals surface area contributed by atoms with Gasteiger partial charge in [0.05, 0.1) is 15.2 Å². The van der Waals surface area contributed by atoms with Crippen LogP contribution in [-0.2, 0) is 0 Å². The van der Waals surface area contributed by atoms with E-state index >= 15 is 0 Å². The molecule has 5 heteroatoms. The zero-order valence-electron chi connectivity index (χ0n) is 9.83. The summed E-state index contributed by atoms with van der Waals surface area (Å²) < 4.78 is 27.3. The van der Waals surface area contributed by atoms with E-state index in [0.29, 0.717) is 18.5 Å². The Morgan fingerprint density at radius 2 is 2.00 bits per heavy atom. The molecule has 3 rings (SSSR count). The summed E-state index contributed by atoms with van der Waals surface area (Å²) in [4.78, 5) is 4.54. The summed E-state index contributed by atoms with van der Waals surface area (Å²) in [6, 6.07) is 5.61. The number of fused-ring (bicyclic) bond motifs is 1. The molecule has 0 spiro atoms. The van der Waals surface area contributed by atoms with E-state index in [-0.39, 0.29) is 18.8 Å². The van der Waals surface area contributed by atoms with Gasteiger partial charge in [0.2, 0.25) is 5.92 Å². The van der Waals surface area contributed by atoms with Gasteiger partial charge in [0.25, 0.3) is 0 Å². The second kappa shape index (κ2) is 4.16. The lowest BCUT2D eigenvalue weighted by Crippen LogP contribution is -2.23. The van der Waals surface area contributed by atoms with Crippen LogP contribution in [0.5, 0.6) is 0 Å². The summed E-state index contributed by atoms with van der Waals surface area (Å²) in [7, 11) is 0. The number of nitrogen functional groups attached to an aromatic ring is 1. The monoisotopic (exact) mass is 268 g/mol. The third-order valence-electron chi connectivity index (χ3n) is 3.50. The minimum absolute atomic E-state index is 0.0181. The first-order valence-electron chi connectivity index (χ1n) is 6.07. The SMILES string of the molecule is Nc1ccc2nc(C3CCC(F)(F)CC3)sc2c1. The van der Waals surface area contributed by atoms with Gasteiger partial charge in [-0.1, -0.05) is 0 Å². The quantitative estimate of drug-likeness (QED) is 0.788. The van der Waals surface area contributed by atoms with Crippen molar-refractivity contribution in [3.05, 3.63) is 23.2 Å². The van der Waals surface area contributed by atoms with E-state index in [1.54, 1.807) is 11.3 Å². The van der Waals surface area contributed by atoms with Crippen molar-refractivity contribution in [2.24, 2.45) is 0 Å². The number of alkyl halides is 2. The summed E-state index contributed by atoms with van der Waals surface area (Å²) >= 11 is 1.58. The van der Waals surface area contributed by atoms with E-state index in [9.17, 15) is 8.78 Å². The molecular weight excluding hydrogens is 254 g/mol. The topological polar surface area (TPSA) is 38.9 Å². The fourth-order valence-corrected chi connectivity index (χ4v) is 3.61. The van der Waals surface area contributed by atoms with Crippen molar-refractivity contribution in [3.8, 4) is 0 Å². The maximum Gasteiger partial charge on any atom is 0.248 e. The van der Waals surface area contributed by atoms with Crippen LogP contribution in [0.1, 0.15) is 36.6 Å². The van der Waals surface area contributed by atoms with E-state index < -0.39 is 5.92 Å². The number of hydrogen-bond donors (Lipinski definition) is 1. The largest absolute Gasteiger partial charge is 0.399 e. The number of aromatic nitrogens is 1. The predicted molar refractivity (Wildman–Crippen MR) is 70.2 cm³/mol. The average molecular weight is 268 g/mol. The first kappa shape index (κ1) is 11.8. The van der Waals surface area contributed by atoms with Crippen molar-refractivity contribution in [1.82, 2.24) is 4.98 Å². The molecule has 1 aliphatic carbocycles. The van der Waals surface area contributed by atoms with Gasteiger partial charge in [-0.15, -0.1) is 11.3 Å². The lowest BCUT2D eigenvalue weighted by molar-refractivity contribution is -0.0382. The number of nitrogens with two attached hydrogens (primary N) is 1. The van der Waals surface area contributed by atoms with Crippen LogP contribution in [0.2, 0.25) is 0 Å². The Bertz CT molecular complexity index is 569. The minimum atomic E-state index is -2.47. The van der Waals surface area contributed by atoms with Crippen molar-refractivity contribution in [1.29, 1.82) is 0 Å². The first-order valence-corrected chi connectivity index (χ1v) is 6.89. The zero-order chi connectivity index (χ0) is 12.8.